The first-order valence-corrected chi connectivity index (χ1v) is 46.5. The standard InChI is InChI=1S/C68H108O40S8.8Na/c1-5-109-17-25-53-38(78)46(86)62(94-25)103-55-27(19-111-7-3)96-64(48(88)40(55)80)105-57-29(21-113-13-9-33(69)70)98-66(50(90)42(57)82)107-59-31(23-115-15-11-35(73)74)100-68(52(92)44(59)84)108-60-32(24-116-16-12-36(75)76)99-67(51(91)43(60)83)106-58-30(22-114-14-10-34(71)72)97-65(49(89)41(58)81)104-56-28(20-112-8-4)95-63(47(87)39(56)79)102-54-26(18-110-6-2)93-61(101-53)45(85)37(54)77;;;;;;;;/h25-32,37-68,77-92H,1-24H2,(H,69,70)(H,71,72)(H,73,74)(H,75,76);;;;;;;;/q-4;8*+1/p-4. The Balaban J connectivity index is 0.00000961. The molecule has 0 radical (unpaired) electrons. The Labute approximate surface area is 929 Å². The van der Waals surface area contributed by atoms with Crippen molar-refractivity contribution in [1.29, 1.82) is 0 Å². The summed E-state index contributed by atoms with van der Waals surface area (Å²) >= 11 is 8.17. The Kier molecular flexibility index (Phi) is 67.7. The average Bonchev–Trinajstić information content (AvgIpc) is 0.771. The van der Waals surface area contributed by atoms with Crippen LogP contribution in [0.15, 0.2) is 0 Å². The van der Waals surface area contributed by atoms with Crippen molar-refractivity contribution < 1.29 is 434 Å². The number of carboxylic acids is 4. The molecule has 16 N–H and O–H groups in total. The van der Waals surface area contributed by atoms with Crippen LogP contribution >= 0.6 is 94.1 Å². The van der Waals surface area contributed by atoms with Crippen molar-refractivity contribution in [1.82, 2.24) is 0 Å². The smallest absolute Gasteiger partial charge is 0.550 e. The van der Waals surface area contributed by atoms with Crippen LogP contribution in [0.5, 0.6) is 0 Å². The molecule has 0 aromatic rings. The average molecular weight is 2000 g/mol. The Morgan fingerprint density at radius 3 is 0.419 bits per heavy atom. The fourth-order valence-electron chi connectivity index (χ4n) is 14.0. The molecule has 124 heavy (non-hydrogen) atoms. The second kappa shape index (κ2) is 64.9. The summed E-state index contributed by atoms with van der Waals surface area (Å²) in [6.07, 6.45) is -78.2. The number of carbonyl (C=O) groups is 4. The second-order valence-electron chi connectivity index (χ2n) is 28.1. The molecule has 0 amide bonds. The molecule has 0 spiro atoms. The van der Waals surface area contributed by atoms with Gasteiger partial charge in [-0.2, -0.15) is 94.1 Å². The van der Waals surface area contributed by atoms with Crippen LogP contribution in [0.4, 0.5) is 0 Å². The molecule has 40 atom stereocenters. The van der Waals surface area contributed by atoms with E-state index in [1.54, 1.807) is 0 Å². The maximum Gasteiger partial charge on any atom is 1.00 e. The number of thioether (sulfide) groups is 8. The quantitative estimate of drug-likeness (QED) is 0.0169. The van der Waals surface area contributed by atoms with E-state index >= 15 is 0 Å². The number of rotatable bonds is 32. The van der Waals surface area contributed by atoms with Gasteiger partial charge in [-0.3, -0.25) is 0 Å². The van der Waals surface area contributed by atoms with Crippen molar-refractivity contribution in [3.63, 3.8) is 0 Å². The zero-order valence-corrected chi connectivity index (χ0v) is 92.8. The molecular formula is C68H104Na8O40S8. The van der Waals surface area contributed by atoms with E-state index in [0.717, 1.165) is 94.1 Å². The first kappa shape index (κ1) is 129. The molecule has 40 unspecified atom stereocenters. The number of aliphatic hydroxyl groups excluding tert-OH is 16. The first-order valence-electron chi connectivity index (χ1n) is 37.3. The van der Waals surface area contributed by atoms with Crippen LogP contribution in [-0.2, 0) is 95.0 Å². The summed E-state index contributed by atoms with van der Waals surface area (Å²) in [7, 11) is 0. The topological polar surface area (TPSA) is 632 Å². The van der Waals surface area contributed by atoms with Gasteiger partial charge in [-0.15, -0.1) is 23.0 Å². The molecule has 30 aliphatic heterocycles. The number of aliphatic carboxylic acids is 4. The maximum absolute atomic E-state index is 12.2. The predicted octanol–water partition coefficient (Wildman–Crippen LogP) is -35.6. The van der Waals surface area contributed by atoms with Gasteiger partial charge >= 0.3 is 236 Å². The van der Waals surface area contributed by atoms with Crippen molar-refractivity contribution in [3.05, 3.63) is 27.7 Å². The summed E-state index contributed by atoms with van der Waals surface area (Å²) in [4.78, 5) is 46.5. The summed E-state index contributed by atoms with van der Waals surface area (Å²) in [6.45, 7) is 15.4. The molecule has 30 heterocycles. The van der Waals surface area contributed by atoms with Gasteiger partial charge in [-0.05, 0) is 48.7 Å². The van der Waals surface area contributed by atoms with Gasteiger partial charge in [0.2, 0.25) is 0 Å². The zero-order chi connectivity index (χ0) is 84.5. The van der Waals surface area contributed by atoms with Crippen LogP contribution in [0.1, 0.15) is 25.7 Å². The van der Waals surface area contributed by atoms with Gasteiger partial charge in [-0.25, -0.2) is 0 Å². The van der Waals surface area contributed by atoms with Crippen molar-refractivity contribution in [2.45, 2.75) is 271 Å². The van der Waals surface area contributed by atoms with Gasteiger partial charge < -0.3 is 225 Å². The SMILES string of the molecule is [CH2-]CSCC1OC2OC3C(CSC[CH2-])OC(OC4C(CSCCC(=O)[O-])OC(OC5C(CSCCC(=O)[O-])OC(OC6C(CSCCC(=O)[O-])OC(OC7C(CSCCC(=O)[O-])OC(OC8C(CSC[CH2-])OC(OC9C(CSC[CH2-])OC(OC1C(O)C2O)C(O)C9O)C(O)C8O)C(O)C7O)C(O)C6O)C(O)C5O)C(O)C4O)C(O)C3O.[Na+].[Na+].[Na+].[Na+].[Na+].[Na+].[Na+].[Na+]. The van der Waals surface area contributed by atoms with Gasteiger partial charge in [-0.1, -0.05) is 0 Å². The molecule has 16 bridgehead atoms. The zero-order valence-electron chi connectivity index (χ0n) is 70.3. The minimum absolute atomic E-state index is 0. The summed E-state index contributed by atoms with van der Waals surface area (Å²) in [5, 5.41) is 240. The van der Waals surface area contributed by atoms with Gasteiger partial charge in [0.25, 0.3) is 0 Å². The Hall–Kier alpha value is 7.40. The van der Waals surface area contributed by atoms with E-state index in [9.17, 15) is 121 Å². The summed E-state index contributed by atoms with van der Waals surface area (Å²) in [5.74, 6) is -7.50. The fourth-order valence-corrected chi connectivity index (χ4v) is 20.6. The molecule has 30 saturated heterocycles. The second-order valence-corrected chi connectivity index (χ2v) is 37.3. The normalized spacial score (nSPS) is 41.8. The Morgan fingerprint density at radius 1 is 0.202 bits per heavy atom. The van der Waals surface area contributed by atoms with Crippen LogP contribution in [-0.4, -0.2) is 443 Å². The molecule has 56 heteroatoms. The minimum Gasteiger partial charge on any atom is -0.550 e. The van der Waals surface area contributed by atoms with Crippen molar-refractivity contribution in [2.24, 2.45) is 0 Å². The number of ether oxygens (including phenoxy) is 16. The number of carbonyl (C=O) groups excluding carboxylic acids is 4. The monoisotopic (exact) mass is 2000 g/mol. The predicted molar refractivity (Wildman–Crippen MR) is 403 cm³/mol. The van der Waals surface area contributed by atoms with Crippen molar-refractivity contribution in [2.75, 3.05) is 92.0 Å². The molecule has 30 fully saturated rings. The Morgan fingerprint density at radius 2 is 0.315 bits per heavy atom. The molecular weight excluding hydrogens is 1900 g/mol. The third kappa shape index (κ3) is 36.0. The molecule has 0 aliphatic carbocycles. The Bertz CT molecular complexity index is 2960. The molecule has 0 saturated carbocycles. The number of hydrogen-bond donors (Lipinski definition) is 16. The van der Waals surface area contributed by atoms with Gasteiger partial charge in [0, 0.05) is 69.9 Å². The number of aliphatic hydroxyl groups is 16. The van der Waals surface area contributed by atoms with Crippen LogP contribution in [0.2, 0.25) is 0 Å². The molecule has 30 aliphatic rings. The summed E-state index contributed by atoms with van der Waals surface area (Å²) in [6, 6.07) is 0. The summed E-state index contributed by atoms with van der Waals surface area (Å²) < 4.78 is 100. The fraction of sp³-hybridized carbons (Fsp3) is 0.882. The number of hydrogen-bond acceptors (Lipinski definition) is 48. The van der Waals surface area contributed by atoms with E-state index in [2.05, 4.69) is 27.7 Å². The van der Waals surface area contributed by atoms with Crippen LogP contribution < -0.4 is 257 Å². The van der Waals surface area contributed by atoms with Crippen LogP contribution in [0.25, 0.3) is 0 Å². The molecule has 672 valence electrons. The van der Waals surface area contributed by atoms with Gasteiger partial charge in [0.15, 0.2) is 50.3 Å². The van der Waals surface area contributed by atoms with Crippen molar-refractivity contribution >= 4 is 118 Å². The largest absolute Gasteiger partial charge is 1.00 e. The molecule has 30 rings (SSSR count). The van der Waals surface area contributed by atoms with E-state index in [4.69, 9.17) is 75.8 Å². The van der Waals surface area contributed by atoms with E-state index in [1.807, 2.05) is 0 Å². The van der Waals surface area contributed by atoms with Crippen LogP contribution in [0, 0.1) is 27.7 Å². The third-order valence-corrected chi connectivity index (χ3v) is 27.7. The van der Waals surface area contributed by atoms with Crippen LogP contribution in [0.3, 0.4) is 0 Å². The van der Waals surface area contributed by atoms with Crippen molar-refractivity contribution in [3.8, 4) is 0 Å². The van der Waals surface area contributed by atoms with E-state index < -0.39 is 295 Å². The third-order valence-electron chi connectivity index (χ3n) is 20.1. The maximum atomic E-state index is 12.2. The molecule has 0 aromatic heterocycles. The minimum atomic E-state index is -2.28. The molecule has 0 aromatic carbocycles. The number of carboxylic acid groups (broad SMARTS) is 4. The molecule has 40 nitrogen and oxygen atoms in total. The van der Waals surface area contributed by atoms with Gasteiger partial charge in [0.1, 0.15) is 146 Å². The first-order chi connectivity index (χ1) is 55.3. The van der Waals surface area contributed by atoms with E-state index in [1.165, 1.54) is 0 Å². The van der Waals surface area contributed by atoms with E-state index in [-0.39, 0.29) is 329 Å². The van der Waals surface area contributed by atoms with Gasteiger partial charge in [0.05, 0.1) is 48.8 Å². The summed E-state index contributed by atoms with van der Waals surface area (Å²) in [5.41, 5.74) is 0. The van der Waals surface area contributed by atoms with E-state index in [0.29, 0.717) is 0 Å².